The third-order valence-electron chi connectivity index (χ3n) is 1.59. The number of carboxylic acid groups (broad SMARTS) is 1. The fraction of sp³-hybridized carbons (Fsp3) is 0.857. The molecule has 0 saturated carbocycles. The lowest BCUT2D eigenvalue weighted by Crippen LogP contribution is -2.20. The van der Waals surface area contributed by atoms with E-state index in [1.807, 2.05) is 20.8 Å². The van der Waals surface area contributed by atoms with Gasteiger partial charge in [-0.15, -0.1) is 0 Å². The van der Waals surface area contributed by atoms with Gasteiger partial charge in [0, 0.05) is 0 Å². The van der Waals surface area contributed by atoms with E-state index in [1.165, 1.54) is 0 Å². The summed E-state index contributed by atoms with van der Waals surface area (Å²) in [6.45, 7) is 5.92. The second kappa shape index (κ2) is 1.95. The van der Waals surface area contributed by atoms with Crippen LogP contribution in [0.4, 0.5) is 0 Å². The zero-order chi connectivity index (χ0) is 7.94. The predicted molar refractivity (Wildman–Crippen MR) is 35.8 cm³/mol. The molecule has 1 N–H and O–H groups in total. The Morgan fingerprint density at radius 3 is 2.10 bits per heavy atom. The molecular weight excluding hydrogens is 132 g/mol. The van der Waals surface area contributed by atoms with Crippen molar-refractivity contribution < 1.29 is 14.6 Å². The van der Waals surface area contributed by atoms with Crippen LogP contribution in [0.1, 0.15) is 20.8 Å². The van der Waals surface area contributed by atoms with Crippen LogP contribution in [0.3, 0.4) is 0 Å². The molecule has 0 radical (unpaired) electrons. The molecular formula is C7H12O3. The molecule has 1 fully saturated rings. The van der Waals surface area contributed by atoms with Crippen LogP contribution in [-0.2, 0) is 9.53 Å². The first-order chi connectivity index (χ1) is 4.43. The van der Waals surface area contributed by atoms with E-state index in [2.05, 4.69) is 0 Å². The fourth-order valence-electron chi connectivity index (χ4n) is 0.959. The highest BCUT2D eigenvalue weighted by molar-refractivity contribution is 5.75. The first-order valence-electron chi connectivity index (χ1n) is 3.31. The predicted octanol–water partition coefficient (Wildman–Crippen LogP) is 0.885. The van der Waals surface area contributed by atoms with Gasteiger partial charge in [0.25, 0.3) is 0 Å². The van der Waals surface area contributed by atoms with Crippen LogP contribution in [0.25, 0.3) is 0 Å². The van der Waals surface area contributed by atoms with Gasteiger partial charge in [0.1, 0.15) is 6.10 Å². The number of rotatable bonds is 1. The van der Waals surface area contributed by atoms with Gasteiger partial charge < -0.3 is 9.84 Å². The Morgan fingerprint density at radius 1 is 1.50 bits per heavy atom. The van der Waals surface area contributed by atoms with Gasteiger partial charge in [-0.05, 0) is 5.41 Å². The van der Waals surface area contributed by atoms with E-state index in [0.717, 1.165) is 0 Å². The molecule has 1 heterocycles. The van der Waals surface area contributed by atoms with E-state index >= 15 is 0 Å². The Balaban J connectivity index is 2.46. The van der Waals surface area contributed by atoms with Gasteiger partial charge >= 0.3 is 5.97 Å². The Hall–Kier alpha value is -0.570. The Kier molecular flexibility index (Phi) is 1.47. The molecule has 0 aliphatic carbocycles. The number of aliphatic carboxylic acids is 1. The number of hydrogen-bond acceptors (Lipinski definition) is 2. The standard InChI is InChI=1S/C7H12O3/c1-7(2,3)5-4(10-5)6(8)9/h4-5H,1-3H3,(H,8,9)/t4-,5+/m1/s1. The van der Waals surface area contributed by atoms with Crippen molar-refractivity contribution in [2.24, 2.45) is 5.41 Å². The average Bonchev–Trinajstić information content (AvgIpc) is 2.35. The molecule has 0 unspecified atom stereocenters. The highest BCUT2D eigenvalue weighted by atomic mass is 16.6. The molecule has 1 saturated heterocycles. The van der Waals surface area contributed by atoms with Crippen LogP contribution in [-0.4, -0.2) is 23.3 Å². The van der Waals surface area contributed by atoms with Crippen molar-refractivity contribution in [2.45, 2.75) is 33.0 Å². The second-order valence-corrected chi connectivity index (χ2v) is 3.68. The van der Waals surface area contributed by atoms with Crippen LogP contribution in [0.5, 0.6) is 0 Å². The van der Waals surface area contributed by atoms with Gasteiger partial charge in [0.2, 0.25) is 0 Å². The highest BCUT2D eigenvalue weighted by Gasteiger charge is 2.51. The lowest BCUT2D eigenvalue weighted by atomic mass is 9.90. The molecule has 0 aromatic heterocycles. The van der Waals surface area contributed by atoms with Gasteiger partial charge in [0.05, 0.1) is 0 Å². The zero-order valence-electron chi connectivity index (χ0n) is 6.42. The van der Waals surface area contributed by atoms with Crippen molar-refractivity contribution >= 4 is 5.97 Å². The summed E-state index contributed by atoms with van der Waals surface area (Å²) < 4.78 is 4.94. The summed E-state index contributed by atoms with van der Waals surface area (Å²) >= 11 is 0. The molecule has 0 aromatic rings. The second-order valence-electron chi connectivity index (χ2n) is 3.68. The summed E-state index contributed by atoms with van der Waals surface area (Å²) in [5.41, 5.74) is -0.0386. The van der Waals surface area contributed by atoms with E-state index < -0.39 is 12.1 Å². The average molecular weight is 144 g/mol. The summed E-state index contributed by atoms with van der Waals surface area (Å²) in [5, 5.41) is 8.46. The van der Waals surface area contributed by atoms with Crippen molar-refractivity contribution in [1.29, 1.82) is 0 Å². The Labute approximate surface area is 60.0 Å². The van der Waals surface area contributed by atoms with Gasteiger partial charge in [-0.25, -0.2) is 4.79 Å². The first kappa shape index (κ1) is 7.54. The lowest BCUT2D eigenvalue weighted by molar-refractivity contribution is -0.138. The van der Waals surface area contributed by atoms with E-state index in [1.54, 1.807) is 0 Å². The van der Waals surface area contributed by atoms with Crippen molar-refractivity contribution in [1.82, 2.24) is 0 Å². The summed E-state index contributed by atoms with van der Waals surface area (Å²) in [7, 11) is 0. The minimum Gasteiger partial charge on any atom is -0.479 e. The molecule has 58 valence electrons. The van der Waals surface area contributed by atoms with Crippen LogP contribution in [0.2, 0.25) is 0 Å². The van der Waals surface area contributed by atoms with Crippen LogP contribution >= 0.6 is 0 Å². The van der Waals surface area contributed by atoms with Crippen LogP contribution in [0.15, 0.2) is 0 Å². The smallest absolute Gasteiger partial charge is 0.335 e. The maximum Gasteiger partial charge on any atom is 0.335 e. The van der Waals surface area contributed by atoms with Crippen LogP contribution in [0, 0.1) is 5.41 Å². The van der Waals surface area contributed by atoms with Crippen molar-refractivity contribution in [3.8, 4) is 0 Å². The van der Waals surface area contributed by atoms with Gasteiger partial charge in [0.15, 0.2) is 6.10 Å². The fourth-order valence-corrected chi connectivity index (χ4v) is 0.959. The highest BCUT2D eigenvalue weighted by Crippen LogP contribution is 2.37. The SMILES string of the molecule is CC(C)(C)[C@H]1O[C@H]1C(=O)O. The monoisotopic (exact) mass is 144 g/mol. The minimum absolute atomic E-state index is 0.0386. The van der Waals surface area contributed by atoms with E-state index in [9.17, 15) is 4.79 Å². The maximum absolute atomic E-state index is 10.3. The number of carboxylic acids is 1. The lowest BCUT2D eigenvalue weighted by Gasteiger charge is -2.13. The first-order valence-corrected chi connectivity index (χ1v) is 3.31. The number of hydrogen-bond donors (Lipinski definition) is 1. The molecule has 1 aliphatic heterocycles. The molecule has 0 amide bonds. The number of carbonyl (C=O) groups is 1. The normalized spacial score (nSPS) is 31.9. The summed E-state index contributed by atoms with van der Waals surface area (Å²) in [6, 6.07) is 0. The van der Waals surface area contributed by atoms with Crippen LogP contribution < -0.4 is 0 Å². The molecule has 0 bridgehead atoms. The van der Waals surface area contributed by atoms with Gasteiger partial charge in [-0.3, -0.25) is 0 Å². The Bertz CT molecular complexity index is 157. The third kappa shape index (κ3) is 1.29. The van der Waals surface area contributed by atoms with Crippen molar-refractivity contribution in [2.75, 3.05) is 0 Å². The quantitative estimate of drug-likeness (QED) is 0.556. The van der Waals surface area contributed by atoms with E-state index in [4.69, 9.17) is 9.84 Å². The molecule has 10 heavy (non-hydrogen) atoms. The topological polar surface area (TPSA) is 49.8 Å². The summed E-state index contributed by atoms with van der Waals surface area (Å²) in [6.07, 6.45) is -0.648. The van der Waals surface area contributed by atoms with Crippen molar-refractivity contribution in [3.05, 3.63) is 0 Å². The summed E-state index contributed by atoms with van der Waals surface area (Å²) in [4.78, 5) is 10.3. The van der Waals surface area contributed by atoms with Gasteiger partial charge in [-0.2, -0.15) is 0 Å². The minimum atomic E-state index is -0.847. The third-order valence-corrected chi connectivity index (χ3v) is 1.59. The number of ether oxygens (including phenoxy) is 1. The molecule has 0 spiro atoms. The zero-order valence-corrected chi connectivity index (χ0v) is 6.42. The molecule has 1 aliphatic rings. The van der Waals surface area contributed by atoms with Crippen molar-refractivity contribution in [3.63, 3.8) is 0 Å². The molecule has 0 aromatic carbocycles. The maximum atomic E-state index is 10.3. The summed E-state index contributed by atoms with van der Waals surface area (Å²) in [5.74, 6) is -0.847. The molecule has 3 heteroatoms. The molecule has 3 nitrogen and oxygen atoms in total. The molecule has 1 rings (SSSR count). The van der Waals surface area contributed by atoms with E-state index in [0.29, 0.717) is 0 Å². The molecule has 2 atom stereocenters. The van der Waals surface area contributed by atoms with Gasteiger partial charge in [-0.1, -0.05) is 20.8 Å². The number of epoxide rings is 1. The Morgan fingerprint density at radius 2 is 2.00 bits per heavy atom. The van der Waals surface area contributed by atoms with E-state index in [-0.39, 0.29) is 11.5 Å². The largest absolute Gasteiger partial charge is 0.479 e.